The van der Waals surface area contributed by atoms with Crippen LogP contribution in [0.15, 0.2) is 78.9 Å². The summed E-state index contributed by atoms with van der Waals surface area (Å²) in [4.78, 5) is 0. The van der Waals surface area contributed by atoms with Gasteiger partial charge in [0.05, 0.1) is 0 Å². The van der Waals surface area contributed by atoms with E-state index in [0.29, 0.717) is 0 Å². The molecule has 3 aromatic carbocycles. The molecule has 2 atom stereocenters. The maximum absolute atomic E-state index is 3.76. The van der Waals surface area contributed by atoms with Gasteiger partial charge < -0.3 is 5.32 Å². The number of benzene rings is 3. The van der Waals surface area contributed by atoms with Gasteiger partial charge >= 0.3 is 0 Å². The zero-order valence-electron chi connectivity index (χ0n) is 17.2. The lowest BCUT2D eigenvalue weighted by Crippen LogP contribution is -2.38. The first-order chi connectivity index (χ1) is 13.4. The highest BCUT2D eigenvalue weighted by molar-refractivity contribution is 5.93. The molecule has 0 radical (unpaired) electrons. The number of allylic oxidation sites excluding steroid dienone is 1. The van der Waals surface area contributed by atoms with Crippen LogP contribution in [0.4, 0.5) is 0 Å². The number of hydrogen-bond donors (Lipinski definition) is 1. The highest BCUT2D eigenvalue weighted by Gasteiger charge is 2.30. The zero-order valence-corrected chi connectivity index (χ0v) is 17.2. The summed E-state index contributed by atoms with van der Waals surface area (Å²) in [7, 11) is 0. The van der Waals surface area contributed by atoms with Gasteiger partial charge in [0.2, 0.25) is 0 Å². The van der Waals surface area contributed by atoms with Crippen LogP contribution in [0, 0.1) is 0 Å². The molecule has 0 amide bonds. The fourth-order valence-corrected chi connectivity index (χ4v) is 4.43. The third-order valence-electron chi connectivity index (χ3n) is 5.46. The molecular formula is C27H29N. The van der Waals surface area contributed by atoms with Crippen LogP contribution >= 0.6 is 0 Å². The average Bonchev–Trinajstić information content (AvgIpc) is 3.07. The second-order valence-electron chi connectivity index (χ2n) is 8.77. The van der Waals surface area contributed by atoms with Crippen molar-refractivity contribution in [2.45, 2.75) is 45.2 Å². The fraction of sp³-hybridized carbons (Fsp3) is 0.259. The highest BCUT2D eigenvalue weighted by Crippen LogP contribution is 2.47. The Morgan fingerprint density at radius 1 is 0.750 bits per heavy atom. The molecule has 1 nitrogen and oxygen atoms in total. The molecule has 1 aliphatic carbocycles. The van der Waals surface area contributed by atoms with Crippen LogP contribution in [-0.2, 0) is 0 Å². The third-order valence-corrected chi connectivity index (χ3v) is 5.46. The smallest absolute Gasteiger partial charge is 0.0355 e. The van der Waals surface area contributed by atoms with Crippen LogP contribution in [0.25, 0.3) is 11.6 Å². The Balaban J connectivity index is 1.84. The van der Waals surface area contributed by atoms with Crippen LogP contribution in [0.1, 0.15) is 67.5 Å². The molecule has 4 rings (SSSR count). The first kappa shape index (κ1) is 18.7. The van der Waals surface area contributed by atoms with E-state index in [-0.39, 0.29) is 17.5 Å². The van der Waals surface area contributed by atoms with Crippen molar-refractivity contribution in [1.82, 2.24) is 5.32 Å². The summed E-state index contributed by atoms with van der Waals surface area (Å²) >= 11 is 0. The summed E-state index contributed by atoms with van der Waals surface area (Å²) < 4.78 is 0. The number of fused-ring (bicyclic) bond motifs is 1. The van der Waals surface area contributed by atoms with E-state index in [2.05, 4.69) is 118 Å². The Kier molecular flexibility index (Phi) is 4.95. The lowest BCUT2D eigenvalue weighted by Gasteiger charge is -2.30. The molecule has 0 aliphatic heterocycles. The Labute approximate surface area is 169 Å². The van der Waals surface area contributed by atoms with Gasteiger partial charge in [-0.05, 0) is 67.2 Å². The maximum Gasteiger partial charge on any atom is 0.0355 e. The van der Waals surface area contributed by atoms with E-state index in [1.165, 1.54) is 33.4 Å². The molecule has 1 aliphatic rings. The fourth-order valence-electron chi connectivity index (χ4n) is 4.43. The number of rotatable bonds is 4. The van der Waals surface area contributed by atoms with Crippen LogP contribution in [0.3, 0.4) is 0 Å². The molecular weight excluding hydrogens is 338 g/mol. The van der Waals surface area contributed by atoms with Crippen LogP contribution < -0.4 is 5.32 Å². The average molecular weight is 368 g/mol. The molecule has 0 aromatic heterocycles. The van der Waals surface area contributed by atoms with Crippen molar-refractivity contribution >= 4 is 11.6 Å². The van der Waals surface area contributed by atoms with Crippen molar-refractivity contribution in [3.63, 3.8) is 0 Å². The minimum absolute atomic E-state index is 0.0677. The molecule has 28 heavy (non-hydrogen) atoms. The van der Waals surface area contributed by atoms with E-state index in [1.807, 2.05) is 0 Å². The molecule has 0 heterocycles. The molecule has 1 N–H and O–H groups in total. The Hall–Kier alpha value is -2.64. The molecule has 0 fully saturated rings. The van der Waals surface area contributed by atoms with Crippen LogP contribution in [-0.4, -0.2) is 5.54 Å². The second-order valence-corrected chi connectivity index (χ2v) is 8.77. The van der Waals surface area contributed by atoms with Crippen molar-refractivity contribution in [3.05, 3.63) is 107 Å². The van der Waals surface area contributed by atoms with Crippen molar-refractivity contribution in [2.75, 3.05) is 0 Å². The highest BCUT2D eigenvalue weighted by atomic mass is 15.0. The van der Waals surface area contributed by atoms with Crippen LogP contribution in [0.5, 0.6) is 0 Å². The normalized spacial score (nSPS) is 17.1. The van der Waals surface area contributed by atoms with Gasteiger partial charge in [0, 0.05) is 17.5 Å². The van der Waals surface area contributed by atoms with E-state index in [9.17, 15) is 0 Å². The first-order valence-electron chi connectivity index (χ1n) is 10.2. The maximum atomic E-state index is 3.76. The van der Waals surface area contributed by atoms with Crippen molar-refractivity contribution in [2.24, 2.45) is 0 Å². The summed E-state index contributed by atoms with van der Waals surface area (Å²) in [6.45, 7) is 8.96. The molecule has 0 spiro atoms. The van der Waals surface area contributed by atoms with Gasteiger partial charge in [-0.15, -0.1) is 0 Å². The van der Waals surface area contributed by atoms with Crippen LogP contribution in [0.2, 0.25) is 0 Å². The van der Waals surface area contributed by atoms with Gasteiger partial charge in [-0.2, -0.15) is 0 Å². The molecule has 1 heteroatoms. The predicted molar refractivity (Wildman–Crippen MR) is 120 cm³/mol. The molecule has 2 unspecified atom stereocenters. The van der Waals surface area contributed by atoms with Gasteiger partial charge in [-0.1, -0.05) is 78.9 Å². The Morgan fingerprint density at radius 3 is 2.07 bits per heavy atom. The molecule has 0 bridgehead atoms. The van der Waals surface area contributed by atoms with Gasteiger partial charge in [-0.25, -0.2) is 0 Å². The SMILES string of the molecule is CC(NC(C)(C)C)c1ccccc1C1C(c2ccccc2)=Cc2ccccc21. The first-order valence-corrected chi connectivity index (χ1v) is 10.2. The molecule has 142 valence electrons. The topological polar surface area (TPSA) is 12.0 Å². The summed E-state index contributed by atoms with van der Waals surface area (Å²) in [6, 6.07) is 28.8. The van der Waals surface area contributed by atoms with E-state index in [0.717, 1.165) is 0 Å². The lowest BCUT2D eigenvalue weighted by atomic mass is 9.81. The van der Waals surface area contributed by atoms with E-state index in [4.69, 9.17) is 0 Å². The standard InChI is InChI=1S/C27H29N/c1-19(28-27(2,3)4)22-15-10-11-17-24(22)26-23-16-9-8-14-21(23)18-25(26)20-12-6-5-7-13-20/h5-19,26,28H,1-4H3. The number of nitrogens with one attached hydrogen (secondary N) is 1. The Morgan fingerprint density at radius 2 is 1.36 bits per heavy atom. The summed E-state index contributed by atoms with van der Waals surface area (Å²) in [5, 5.41) is 3.76. The van der Waals surface area contributed by atoms with Crippen molar-refractivity contribution < 1.29 is 0 Å². The predicted octanol–water partition coefficient (Wildman–Crippen LogP) is 6.82. The van der Waals surface area contributed by atoms with E-state index < -0.39 is 0 Å². The minimum Gasteiger partial charge on any atom is -0.306 e. The lowest BCUT2D eigenvalue weighted by molar-refractivity contribution is 0.377. The summed E-state index contributed by atoms with van der Waals surface area (Å²) in [5.74, 6) is 0.263. The Bertz CT molecular complexity index is 992. The van der Waals surface area contributed by atoms with Gasteiger partial charge in [0.25, 0.3) is 0 Å². The van der Waals surface area contributed by atoms with Gasteiger partial charge in [0.1, 0.15) is 0 Å². The summed E-state index contributed by atoms with van der Waals surface area (Å²) in [5.41, 5.74) is 8.26. The van der Waals surface area contributed by atoms with E-state index in [1.54, 1.807) is 0 Å². The van der Waals surface area contributed by atoms with Crippen molar-refractivity contribution in [1.29, 1.82) is 0 Å². The zero-order chi connectivity index (χ0) is 19.7. The third kappa shape index (κ3) is 3.68. The monoisotopic (exact) mass is 367 g/mol. The van der Waals surface area contributed by atoms with Crippen molar-refractivity contribution in [3.8, 4) is 0 Å². The minimum atomic E-state index is 0.0677. The van der Waals surface area contributed by atoms with Gasteiger partial charge in [0.15, 0.2) is 0 Å². The molecule has 0 saturated carbocycles. The largest absolute Gasteiger partial charge is 0.306 e. The molecule has 0 saturated heterocycles. The summed E-state index contributed by atoms with van der Waals surface area (Å²) in [6.07, 6.45) is 2.37. The quantitative estimate of drug-likeness (QED) is 0.533. The number of hydrogen-bond acceptors (Lipinski definition) is 1. The second kappa shape index (κ2) is 7.41. The van der Waals surface area contributed by atoms with E-state index >= 15 is 0 Å². The molecule has 3 aromatic rings. The van der Waals surface area contributed by atoms with Gasteiger partial charge in [-0.3, -0.25) is 0 Å².